The highest BCUT2D eigenvalue weighted by atomic mass is 19.2. The van der Waals surface area contributed by atoms with Gasteiger partial charge in [-0.2, -0.15) is 0 Å². The van der Waals surface area contributed by atoms with Gasteiger partial charge in [-0.25, -0.2) is 13.2 Å². The molecular formula is C33H43F3O. The van der Waals surface area contributed by atoms with Crippen LogP contribution in [0.1, 0.15) is 114 Å². The minimum atomic E-state index is -0.689. The van der Waals surface area contributed by atoms with Crippen LogP contribution in [0.5, 0.6) is 5.75 Å². The van der Waals surface area contributed by atoms with Crippen LogP contribution in [-0.4, -0.2) is 6.61 Å². The molecule has 0 amide bonds. The largest absolute Gasteiger partial charge is 0.493 e. The van der Waals surface area contributed by atoms with Crippen LogP contribution in [0.4, 0.5) is 13.2 Å². The summed E-state index contributed by atoms with van der Waals surface area (Å²) >= 11 is 0. The highest BCUT2D eigenvalue weighted by molar-refractivity contribution is 5.67. The molecule has 2 aliphatic carbocycles. The van der Waals surface area contributed by atoms with Crippen molar-refractivity contribution < 1.29 is 17.9 Å². The highest BCUT2D eigenvalue weighted by Gasteiger charge is 2.25. The van der Waals surface area contributed by atoms with Crippen LogP contribution >= 0.6 is 0 Å². The van der Waals surface area contributed by atoms with Crippen molar-refractivity contribution in [3.05, 3.63) is 70.5 Å². The Hall–Kier alpha value is -2.23. The third kappa shape index (κ3) is 7.42. The van der Waals surface area contributed by atoms with E-state index >= 15 is 0 Å². The second-order valence-electron chi connectivity index (χ2n) is 11.4. The van der Waals surface area contributed by atoms with Crippen LogP contribution in [-0.2, 0) is 6.42 Å². The molecule has 37 heavy (non-hydrogen) atoms. The fourth-order valence-electron chi connectivity index (χ4n) is 6.01. The van der Waals surface area contributed by atoms with Crippen LogP contribution in [0, 0.1) is 29.3 Å². The maximum Gasteiger partial charge on any atom is 0.166 e. The van der Waals surface area contributed by atoms with E-state index in [4.69, 9.17) is 4.74 Å². The van der Waals surface area contributed by atoms with E-state index in [1.807, 2.05) is 12.1 Å². The third-order valence-electron chi connectivity index (χ3n) is 8.53. The molecule has 0 radical (unpaired) electrons. The predicted molar refractivity (Wildman–Crippen MR) is 146 cm³/mol. The van der Waals surface area contributed by atoms with Crippen molar-refractivity contribution in [1.82, 2.24) is 0 Å². The zero-order valence-corrected chi connectivity index (χ0v) is 22.6. The molecule has 0 heterocycles. The SMILES string of the molecule is CCCCCCOc1ccc(C2CCC(CCc3ccc(C4=CCC(C)CC4)c(F)c3F)CC2)c(F)c1. The molecular weight excluding hydrogens is 469 g/mol. The molecule has 1 saturated carbocycles. The summed E-state index contributed by atoms with van der Waals surface area (Å²) in [6, 6.07) is 8.88. The van der Waals surface area contributed by atoms with Crippen molar-refractivity contribution >= 4 is 5.57 Å². The first kappa shape index (κ1) is 27.8. The van der Waals surface area contributed by atoms with Gasteiger partial charge in [0.25, 0.3) is 0 Å². The van der Waals surface area contributed by atoms with Gasteiger partial charge in [0.2, 0.25) is 0 Å². The lowest BCUT2D eigenvalue weighted by Gasteiger charge is -2.29. The van der Waals surface area contributed by atoms with Gasteiger partial charge in [0, 0.05) is 11.6 Å². The van der Waals surface area contributed by atoms with Crippen LogP contribution in [0.25, 0.3) is 5.57 Å². The van der Waals surface area contributed by atoms with Gasteiger partial charge in [-0.3, -0.25) is 0 Å². The number of hydrogen-bond donors (Lipinski definition) is 0. The van der Waals surface area contributed by atoms with E-state index < -0.39 is 11.6 Å². The fourth-order valence-corrected chi connectivity index (χ4v) is 6.01. The third-order valence-corrected chi connectivity index (χ3v) is 8.53. The summed E-state index contributed by atoms with van der Waals surface area (Å²) < 4.78 is 50.3. The Morgan fingerprint density at radius 3 is 2.41 bits per heavy atom. The van der Waals surface area contributed by atoms with Crippen molar-refractivity contribution in [1.29, 1.82) is 0 Å². The van der Waals surface area contributed by atoms with E-state index in [-0.39, 0.29) is 11.7 Å². The number of aryl methyl sites for hydroxylation is 1. The molecule has 0 aromatic heterocycles. The Bertz CT molecular complexity index is 1050. The van der Waals surface area contributed by atoms with Crippen LogP contribution in [0.15, 0.2) is 36.4 Å². The van der Waals surface area contributed by atoms with Gasteiger partial charge in [0.05, 0.1) is 6.61 Å². The normalized spacial score (nSPS) is 22.1. The Balaban J connectivity index is 1.26. The second-order valence-corrected chi connectivity index (χ2v) is 11.4. The summed E-state index contributed by atoms with van der Waals surface area (Å²) in [5.41, 5.74) is 2.64. The zero-order valence-electron chi connectivity index (χ0n) is 22.6. The van der Waals surface area contributed by atoms with Gasteiger partial charge in [0.1, 0.15) is 11.6 Å². The lowest BCUT2D eigenvalue weighted by atomic mass is 9.76. The number of benzene rings is 2. The van der Waals surface area contributed by atoms with Gasteiger partial charge in [0.15, 0.2) is 11.6 Å². The number of hydrogen-bond acceptors (Lipinski definition) is 1. The van der Waals surface area contributed by atoms with Gasteiger partial charge >= 0.3 is 0 Å². The van der Waals surface area contributed by atoms with E-state index in [9.17, 15) is 13.2 Å². The summed E-state index contributed by atoms with van der Waals surface area (Å²) in [6.07, 6.45) is 14.6. The Morgan fingerprint density at radius 2 is 1.70 bits per heavy atom. The summed E-state index contributed by atoms with van der Waals surface area (Å²) in [4.78, 5) is 0. The lowest BCUT2D eigenvalue weighted by Crippen LogP contribution is -2.15. The maximum absolute atomic E-state index is 14.9. The molecule has 2 aliphatic rings. The molecule has 202 valence electrons. The molecule has 0 saturated heterocycles. The molecule has 4 rings (SSSR count). The molecule has 4 heteroatoms. The van der Waals surface area contributed by atoms with Crippen molar-refractivity contribution in [2.45, 2.75) is 103 Å². The summed E-state index contributed by atoms with van der Waals surface area (Å²) in [5.74, 6) is 0.368. The van der Waals surface area contributed by atoms with E-state index in [0.717, 1.165) is 75.3 Å². The first-order chi connectivity index (χ1) is 18.0. The molecule has 2 aromatic rings. The van der Waals surface area contributed by atoms with Crippen molar-refractivity contribution in [3.63, 3.8) is 0 Å². The van der Waals surface area contributed by atoms with Crippen LogP contribution < -0.4 is 4.74 Å². The summed E-state index contributed by atoms with van der Waals surface area (Å²) in [7, 11) is 0. The van der Waals surface area contributed by atoms with E-state index in [0.29, 0.717) is 41.7 Å². The number of allylic oxidation sites excluding steroid dienone is 2. The standard InChI is InChI=1S/C33H43F3O/c1-3-4-5-6-21-37-28-18-20-29(31(34)22-28)25-14-9-24(10-15-25)11-16-27-17-19-30(33(36)32(27)35)26-12-7-23(2)8-13-26/h12,17-20,22-25H,3-11,13-16,21H2,1-2H3. The topological polar surface area (TPSA) is 9.23 Å². The zero-order chi connectivity index (χ0) is 26.2. The van der Waals surface area contributed by atoms with E-state index in [1.165, 1.54) is 18.9 Å². The molecule has 0 aliphatic heterocycles. The van der Waals surface area contributed by atoms with E-state index in [2.05, 4.69) is 19.9 Å². The van der Waals surface area contributed by atoms with E-state index in [1.54, 1.807) is 12.1 Å². The molecule has 2 aromatic carbocycles. The average molecular weight is 513 g/mol. The smallest absolute Gasteiger partial charge is 0.166 e. The minimum Gasteiger partial charge on any atom is -0.493 e. The van der Waals surface area contributed by atoms with Gasteiger partial charge < -0.3 is 4.74 Å². The molecule has 1 nitrogen and oxygen atoms in total. The molecule has 0 spiro atoms. The molecule has 1 fully saturated rings. The molecule has 1 atom stereocenters. The molecule has 1 unspecified atom stereocenters. The first-order valence-electron chi connectivity index (χ1n) is 14.5. The number of unbranched alkanes of at least 4 members (excludes halogenated alkanes) is 3. The van der Waals surface area contributed by atoms with Crippen LogP contribution in [0.3, 0.4) is 0 Å². The van der Waals surface area contributed by atoms with Crippen LogP contribution in [0.2, 0.25) is 0 Å². The Kier molecular flexibility index (Phi) is 10.2. The van der Waals surface area contributed by atoms with Crippen molar-refractivity contribution in [2.24, 2.45) is 11.8 Å². The summed E-state index contributed by atoms with van der Waals surface area (Å²) in [5, 5.41) is 0. The van der Waals surface area contributed by atoms with Gasteiger partial charge in [-0.1, -0.05) is 57.4 Å². The number of halogens is 3. The first-order valence-corrected chi connectivity index (χ1v) is 14.5. The predicted octanol–water partition coefficient (Wildman–Crippen LogP) is 10.2. The molecule has 0 bridgehead atoms. The minimum absolute atomic E-state index is 0.172. The lowest BCUT2D eigenvalue weighted by molar-refractivity contribution is 0.298. The summed E-state index contributed by atoms with van der Waals surface area (Å²) in [6.45, 7) is 5.01. The van der Waals surface area contributed by atoms with Gasteiger partial charge in [-0.15, -0.1) is 0 Å². The monoisotopic (exact) mass is 512 g/mol. The van der Waals surface area contributed by atoms with Gasteiger partial charge in [-0.05, 0) is 105 Å². The highest BCUT2D eigenvalue weighted by Crippen LogP contribution is 2.39. The fraction of sp³-hybridized carbons (Fsp3) is 0.576. The number of ether oxygens (including phenoxy) is 1. The maximum atomic E-state index is 14.9. The average Bonchev–Trinajstić information content (AvgIpc) is 2.91. The Morgan fingerprint density at radius 1 is 0.892 bits per heavy atom. The number of rotatable bonds is 11. The Labute approximate surface area is 221 Å². The van der Waals surface area contributed by atoms with Crippen molar-refractivity contribution in [2.75, 3.05) is 6.61 Å². The second kappa shape index (κ2) is 13.5. The van der Waals surface area contributed by atoms with Crippen molar-refractivity contribution in [3.8, 4) is 5.75 Å². The quantitative estimate of drug-likeness (QED) is 0.272. The molecule has 0 N–H and O–H groups in total.